The van der Waals surface area contributed by atoms with E-state index in [0.29, 0.717) is 5.57 Å². The van der Waals surface area contributed by atoms with Crippen molar-refractivity contribution in [3.63, 3.8) is 0 Å². The van der Waals surface area contributed by atoms with Gasteiger partial charge >= 0.3 is 0 Å². The summed E-state index contributed by atoms with van der Waals surface area (Å²) in [6.45, 7) is 29.2. The molecule has 0 amide bonds. The van der Waals surface area contributed by atoms with E-state index >= 15 is 0 Å². The Balaban J connectivity index is 1.96. The largest absolute Gasteiger partial charge is 0.294 e. The maximum Gasteiger partial charge on any atom is 0.176 e. The summed E-state index contributed by atoms with van der Waals surface area (Å²) < 4.78 is 0. The van der Waals surface area contributed by atoms with Crippen molar-refractivity contribution < 1.29 is 9.59 Å². The molecular weight excluding hydrogens is 440 g/mol. The van der Waals surface area contributed by atoms with E-state index in [2.05, 4.69) is 72.6 Å². The van der Waals surface area contributed by atoms with E-state index in [1.165, 1.54) is 34.8 Å². The summed E-state index contributed by atoms with van der Waals surface area (Å²) in [6.07, 6.45) is 6.70. The van der Waals surface area contributed by atoms with Crippen LogP contribution in [0.5, 0.6) is 0 Å². The molecule has 0 fully saturated rings. The first kappa shape index (κ1) is 26.1. The van der Waals surface area contributed by atoms with Crippen LogP contribution in [0.4, 0.5) is 0 Å². The van der Waals surface area contributed by atoms with Crippen LogP contribution in [-0.2, 0) is 16.0 Å². The second-order valence-corrected chi connectivity index (χ2v) is 12.3. The van der Waals surface area contributed by atoms with Gasteiger partial charge in [-0.3, -0.25) is 9.59 Å². The Morgan fingerprint density at radius 3 is 2.25 bits per heavy atom. The van der Waals surface area contributed by atoms with Crippen molar-refractivity contribution in [2.24, 2.45) is 16.2 Å². The van der Waals surface area contributed by atoms with Crippen LogP contribution in [0, 0.1) is 23.2 Å². The number of rotatable bonds is 4. The van der Waals surface area contributed by atoms with E-state index in [4.69, 9.17) is 0 Å². The van der Waals surface area contributed by atoms with Crippen LogP contribution in [0.3, 0.4) is 0 Å². The van der Waals surface area contributed by atoms with Gasteiger partial charge in [0.15, 0.2) is 11.6 Å². The predicted molar refractivity (Wildman–Crippen MR) is 152 cm³/mol. The Bertz CT molecular complexity index is 1370. The fourth-order valence-electron chi connectivity index (χ4n) is 7.68. The average molecular weight is 481 g/mol. The zero-order valence-corrected chi connectivity index (χ0v) is 23.4. The van der Waals surface area contributed by atoms with Crippen molar-refractivity contribution in [2.75, 3.05) is 0 Å². The van der Waals surface area contributed by atoms with E-state index < -0.39 is 5.41 Å². The Kier molecular flexibility index (Phi) is 5.99. The monoisotopic (exact) mass is 480 g/mol. The fourth-order valence-corrected chi connectivity index (χ4v) is 7.68. The van der Waals surface area contributed by atoms with Gasteiger partial charge < -0.3 is 0 Å². The first-order valence-electron chi connectivity index (χ1n) is 12.9. The van der Waals surface area contributed by atoms with Crippen LogP contribution < -0.4 is 0 Å². The van der Waals surface area contributed by atoms with Crippen molar-refractivity contribution in [3.05, 3.63) is 93.6 Å². The molecule has 0 radical (unpaired) electrons. The summed E-state index contributed by atoms with van der Waals surface area (Å²) >= 11 is 0. The van der Waals surface area contributed by atoms with Gasteiger partial charge in [0.1, 0.15) is 0 Å². The molecule has 0 spiro atoms. The van der Waals surface area contributed by atoms with E-state index in [0.717, 1.165) is 47.1 Å². The van der Waals surface area contributed by atoms with Gasteiger partial charge in [0.25, 0.3) is 0 Å². The topological polar surface area (TPSA) is 34.1 Å². The molecule has 3 atom stereocenters. The molecule has 4 rings (SSSR count). The van der Waals surface area contributed by atoms with E-state index in [1.54, 1.807) is 0 Å². The lowest BCUT2D eigenvalue weighted by Crippen LogP contribution is -2.56. The number of hydrogen-bond acceptors (Lipinski definition) is 2. The molecule has 2 nitrogen and oxygen atoms in total. The fraction of sp³-hybridized carbons (Fsp3) is 0.412. The summed E-state index contributed by atoms with van der Waals surface area (Å²) in [5.41, 5.74) is 10.3. The molecule has 0 aromatic heterocycles. The lowest BCUT2D eigenvalue weighted by molar-refractivity contribution is -0.134. The lowest BCUT2D eigenvalue weighted by atomic mass is 9.42. The number of benzene rings is 1. The molecule has 0 unspecified atom stereocenters. The smallest absolute Gasteiger partial charge is 0.176 e. The van der Waals surface area contributed by atoms with Crippen molar-refractivity contribution in [1.82, 2.24) is 0 Å². The summed E-state index contributed by atoms with van der Waals surface area (Å²) in [7, 11) is 0. The minimum absolute atomic E-state index is 0.0152. The highest BCUT2D eigenvalue weighted by Gasteiger charge is 2.62. The SMILES string of the molecule is C=C(C)C(=C)/C=C/c1ccc(C)c2c1C[C@]1(C)C[C@]3(C)CC(C)=C(C(C)=O)C(=O)[C@]3(C)C(C)=C1C2=C. The summed E-state index contributed by atoms with van der Waals surface area (Å²) in [4.78, 5) is 26.6. The Labute approximate surface area is 217 Å². The van der Waals surface area contributed by atoms with Crippen molar-refractivity contribution >= 4 is 23.2 Å². The van der Waals surface area contributed by atoms with Crippen LogP contribution in [0.2, 0.25) is 0 Å². The molecule has 3 aliphatic carbocycles. The number of hydrogen-bond donors (Lipinski definition) is 0. The van der Waals surface area contributed by atoms with Crippen LogP contribution in [-0.4, -0.2) is 11.6 Å². The van der Waals surface area contributed by atoms with Gasteiger partial charge in [-0.15, -0.1) is 0 Å². The van der Waals surface area contributed by atoms with Gasteiger partial charge in [-0.1, -0.05) is 74.6 Å². The normalized spacial score (nSPS) is 29.8. The third kappa shape index (κ3) is 3.44. The van der Waals surface area contributed by atoms with Crippen LogP contribution in [0.15, 0.2) is 71.4 Å². The summed E-state index contributed by atoms with van der Waals surface area (Å²) in [5.74, 6) is -0.137. The zero-order valence-electron chi connectivity index (χ0n) is 23.4. The molecule has 1 aromatic rings. The quantitative estimate of drug-likeness (QED) is 0.321. The van der Waals surface area contributed by atoms with Gasteiger partial charge in [-0.05, 0) is 111 Å². The van der Waals surface area contributed by atoms with Gasteiger partial charge in [0.2, 0.25) is 0 Å². The number of aryl methyl sites for hydroxylation is 1. The number of carbonyl (C=O) groups is 2. The van der Waals surface area contributed by atoms with Crippen LogP contribution in [0.1, 0.15) is 83.6 Å². The number of allylic oxidation sites excluding steroid dienone is 8. The predicted octanol–water partition coefficient (Wildman–Crippen LogP) is 8.33. The van der Waals surface area contributed by atoms with E-state index in [1.807, 2.05) is 19.9 Å². The number of fused-ring (bicyclic) bond motifs is 3. The molecule has 0 saturated heterocycles. The second-order valence-electron chi connectivity index (χ2n) is 12.3. The molecule has 2 heteroatoms. The van der Waals surface area contributed by atoms with Gasteiger partial charge in [-0.2, -0.15) is 0 Å². The molecule has 0 N–H and O–H groups in total. The molecule has 0 bridgehead atoms. The van der Waals surface area contributed by atoms with E-state index in [9.17, 15) is 9.59 Å². The van der Waals surface area contributed by atoms with Crippen molar-refractivity contribution in [3.8, 4) is 0 Å². The Morgan fingerprint density at radius 1 is 1.03 bits per heavy atom. The van der Waals surface area contributed by atoms with Gasteiger partial charge in [0.05, 0.1) is 11.0 Å². The Hall–Kier alpha value is -3.00. The van der Waals surface area contributed by atoms with E-state index in [-0.39, 0.29) is 22.4 Å². The van der Waals surface area contributed by atoms with Crippen LogP contribution >= 0.6 is 0 Å². The summed E-state index contributed by atoms with van der Waals surface area (Å²) in [6, 6.07) is 4.35. The zero-order chi connectivity index (χ0) is 27.0. The molecule has 188 valence electrons. The standard InChI is InChI=1S/C34H40O2/c1-19(2)20(3)12-14-26-15-13-21(4)28-23(6)30-24(7)34(11)31(36)29(25(8)35)22(5)16-33(34,10)18-32(30,9)17-27(26)28/h12-15H,1,3,6,16-18H2,2,4-5,7-11H3/b14-12+/t32-,33+,34+/m1/s1. The lowest BCUT2D eigenvalue weighted by Gasteiger charge is -2.60. The third-order valence-corrected chi connectivity index (χ3v) is 9.57. The molecule has 36 heavy (non-hydrogen) atoms. The molecule has 1 aromatic carbocycles. The van der Waals surface area contributed by atoms with Gasteiger partial charge in [-0.25, -0.2) is 0 Å². The average Bonchev–Trinajstić information content (AvgIpc) is 2.74. The first-order valence-corrected chi connectivity index (χ1v) is 12.9. The van der Waals surface area contributed by atoms with Crippen LogP contribution in [0.25, 0.3) is 11.6 Å². The molecule has 0 aliphatic heterocycles. The maximum absolute atomic E-state index is 14.0. The van der Waals surface area contributed by atoms with Crippen molar-refractivity contribution in [1.29, 1.82) is 0 Å². The molecule has 0 heterocycles. The molecule has 3 aliphatic rings. The second kappa shape index (κ2) is 8.26. The molecule has 0 saturated carbocycles. The number of Topliss-reactive ketones (excluding diaryl/α,β-unsaturated/α-hetero) is 2. The highest BCUT2D eigenvalue weighted by molar-refractivity contribution is 6.23. The Morgan fingerprint density at radius 2 is 1.67 bits per heavy atom. The maximum atomic E-state index is 14.0. The minimum Gasteiger partial charge on any atom is -0.294 e. The number of carbonyl (C=O) groups excluding carboxylic acids is 2. The third-order valence-electron chi connectivity index (χ3n) is 9.57. The minimum atomic E-state index is -0.729. The van der Waals surface area contributed by atoms with Crippen molar-refractivity contribution in [2.45, 2.75) is 74.7 Å². The highest BCUT2D eigenvalue weighted by atomic mass is 16.1. The first-order chi connectivity index (χ1) is 16.6. The van der Waals surface area contributed by atoms with Gasteiger partial charge in [0, 0.05) is 0 Å². The number of ketones is 2. The summed E-state index contributed by atoms with van der Waals surface area (Å²) in [5, 5.41) is 0. The highest BCUT2D eigenvalue weighted by Crippen LogP contribution is 2.67. The molecular formula is C34H40O2.